The van der Waals surface area contributed by atoms with Crippen molar-refractivity contribution in [2.75, 3.05) is 0 Å². The molecule has 2 atom stereocenters. The Kier molecular flexibility index (Phi) is 0.470. The number of rotatable bonds is 0. The first-order valence-corrected chi connectivity index (χ1v) is 1.86. The highest BCUT2D eigenvalue weighted by molar-refractivity contribution is 4.71. The van der Waals surface area contributed by atoms with E-state index in [1.807, 2.05) is 0 Å². The zero-order valence-electron chi connectivity index (χ0n) is 5.07. The van der Waals surface area contributed by atoms with Crippen LogP contribution >= 0.6 is 0 Å². The molecular formula is C5H8. The van der Waals surface area contributed by atoms with E-state index in [-0.39, 0.29) is 12.8 Å². The molecule has 1 saturated carbocycles. The minimum Gasteiger partial charge on any atom is -0.0527 e. The molecule has 0 saturated heterocycles. The molecular weight excluding hydrogens is 60.1 g/mol. The summed E-state index contributed by atoms with van der Waals surface area (Å²) in [6.45, 7) is 0. The van der Waals surface area contributed by atoms with Gasteiger partial charge in [-0.3, -0.25) is 0 Å². The molecule has 0 spiro atoms. The summed E-state index contributed by atoms with van der Waals surface area (Å²) in [4.78, 5) is 0. The molecule has 5 heavy (non-hydrogen) atoms. The van der Waals surface area contributed by atoms with Gasteiger partial charge in [0, 0.05) is 2.74 Å². The normalized spacial score (nSPS) is 59.2. The van der Waals surface area contributed by atoms with Gasteiger partial charge in [0.15, 0.2) is 0 Å². The Balaban J connectivity index is 2.33. The molecule has 0 heterocycles. The Bertz CT molecular complexity index is 55.1. The topological polar surface area (TPSA) is 0 Å². The molecule has 0 aromatic carbocycles. The monoisotopic (exact) mass is 70.1 g/mol. The Morgan fingerprint density at radius 2 is 2.00 bits per heavy atom. The lowest BCUT2D eigenvalue weighted by Crippen LogP contribution is -1.50. The van der Waals surface area contributed by atoms with Gasteiger partial charge in [-0.25, -0.2) is 0 Å². The van der Waals surface area contributed by atoms with Crippen LogP contribution in [-0.2, 0) is 0 Å². The van der Waals surface area contributed by atoms with Gasteiger partial charge in [0.05, 0.1) is 0 Å². The molecule has 0 aliphatic heterocycles. The van der Waals surface area contributed by atoms with Gasteiger partial charge in [-0.2, -0.15) is 0 Å². The van der Waals surface area contributed by atoms with E-state index in [9.17, 15) is 0 Å². The summed E-state index contributed by atoms with van der Waals surface area (Å²) in [7, 11) is 0. The second-order valence-corrected chi connectivity index (χ2v) is 1.13. The third-order valence-corrected chi connectivity index (χ3v) is 0.691. The Morgan fingerprint density at radius 3 is 2.20 bits per heavy atom. The largest absolute Gasteiger partial charge is 0.0527 e. The lowest BCUT2D eigenvalue weighted by molar-refractivity contribution is 0.886. The van der Waals surface area contributed by atoms with Gasteiger partial charge in [-0.1, -0.05) is 12.8 Å². The van der Waals surface area contributed by atoms with Crippen LogP contribution in [0.25, 0.3) is 0 Å². The van der Waals surface area contributed by atoms with Crippen LogP contribution in [0.2, 0.25) is 0 Å². The summed E-state index contributed by atoms with van der Waals surface area (Å²) >= 11 is 0. The average molecular weight is 70.1 g/mol. The fraction of sp³-hybridized carbons (Fsp3) is 0.800. The standard InChI is InChI=1S/C5H8/c1-2-4-5-3-1/h1-4H2/i1D,2D/t1-,2+. The van der Waals surface area contributed by atoms with Crippen LogP contribution in [0.5, 0.6) is 0 Å². The highest BCUT2D eigenvalue weighted by atomic mass is 14.0. The maximum atomic E-state index is 7.09. The van der Waals surface area contributed by atoms with Crippen LogP contribution < -0.4 is 0 Å². The van der Waals surface area contributed by atoms with Crippen LogP contribution in [0.15, 0.2) is 0 Å². The van der Waals surface area contributed by atoms with Gasteiger partial charge in [-0.15, -0.1) is 0 Å². The molecule has 0 unspecified atom stereocenters. The molecule has 1 aliphatic rings. The van der Waals surface area contributed by atoms with Crippen molar-refractivity contribution in [3.8, 4) is 0 Å². The van der Waals surface area contributed by atoms with E-state index in [0.717, 1.165) is 0 Å². The predicted molar refractivity (Wildman–Crippen MR) is 21.7 cm³/mol. The molecule has 0 aromatic rings. The van der Waals surface area contributed by atoms with E-state index in [4.69, 9.17) is 2.74 Å². The summed E-state index contributed by atoms with van der Waals surface area (Å²) in [6.07, 6.45) is 3.99. The van der Waals surface area contributed by atoms with Crippen molar-refractivity contribution < 1.29 is 2.74 Å². The van der Waals surface area contributed by atoms with Crippen molar-refractivity contribution in [2.24, 2.45) is 0 Å². The molecule has 28 valence electrons. The molecule has 0 N–H and O–H groups in total. The van der Waals surface area contributed by atoms with Crippen molar-refractivity contribution in [2.45, 2.75) is 25.6 Å². The van der Waals surface area contributed by atoms with Gasteiger partial charge in [-0.05, 0) is 19.3 Å². The van der Waals surface area contributed by atoms with E-state index >= 15 is 0 Å². The third kappa shape index (κ3) is 0.640. The molecule has 0 amide bonds. The molecule has 0 nitrogen and oxygen atoms in total. The van der Waals surface area contributed by atoms with Crippen molar-refractivity contribution in [3.63, 3.8) is 0 Å². The molecule has 1 aliphatic carbocycles. The summed E-state index contributed by atoms with van der Waals surface area (Å²) in [6, 6.07) is 0. The summed E-state index contributed by atoms with van der Waals surface area (Å²) in [5.41, 5.74) is 0. The van der Waals surface area contributed by atoms with Gasteiger partial charge < -0.3 is 0 Å². The fourth-order valence-electron chi connectivity index (χ4n) is 0.417. The van der Waals surface area contributed by atoms with Crippen LogP contribution in [0.4, 0.5) is 0 Å². The Labute approximate surface area is 36.0 Å². The van der Waals surface area contributed by atoms with E-state index in [1.165, 1.54) is 0 Å². The average Bonchev–Trinajstić information content (AvgIpc) is 1.91. The highest BCUT2D eigenvalue weighted by Crippen LogP contribution is 2.13. The van der Waals surface area contributed by atoms with E-state index < -0.39 is 0 Å². The fourth-order valence-corrected chi connectivity index (χ4v) is 0.417. The molecule has 0 bridgehead atoms. The Morgan fingerprint density at radius 1 is 1.40 bits per heavy atom. The summed E-state index contributed by atoms with van der Waals surface area (Å²) in [5.74, 6) is 0. The van der Waals surface area contributed by atoms with Crippen molar-refractivity contribution in [3.05, 3.63) is 6.42 Å². The van der Waals surface area contributed by atoms with Gasteiger partial charge in [0.2, 0.25) is 0 Å². The van der Waals surface area contributed by atoms with Gasteiger partial charge in [0.1, 0.15) is 0 Å². The molecule has 2 radical (unpaired) electrons. The molecule has 0 aromatic heterocycles. The molecule has 1 fully saturated rings. The maximum absolute atomic E-state index is 7.09. The van der Waals surface area contributed by atoms with Crippen molar-refractivity contribution in [1.29, 1.82) is 0 Å². The van der Waals surface area contributed by atoms with Gasteiger partial charge >= 0.3 is 0 Å². The Hall–Kier alpha value is 0. The number of hydrogen-bond donors (Lipinski definition) is 0. The maximum Gasteiger partial charge on any atom is 0.0267 e. The van der Waals surface area contributed by atoms with Crippen LogP contribution in [0, 0.1) is 6.42 Å². The van der Waals surface area contributed by atoms with Crippen molar-refractivity contribution in [1.82, 2.24) is 0 Å². The molecule has 0 heteroatoms. The first kappa shape index (κ1) is 1.63. The van der Waals surface area contributed by atoms with Crippen LogP contribution in [0.3, 0.4) is 0 Å². The lowest BCUT2D eigenvalue weighted by atomic mass is 10.4. The molecule has 1 rings (SSSR count). The quantitative estimate of drug-likeness (QED) is 0.406. The first-order chi connectivity index (χ1) is 3.30. The van der Waals surface area contributed by atoms with E-state index in [1.54, 1.807) is 0 Å². The predicted octanol–water partition coefficient (Wildman–Crippen LogP) is 1.64. The van der Waals surface area contributed by atoms with Crippen LogP contribution in [0.1, 0.15) is 28.4 Å². The smallest absolute Gasteiger partial charge is 0.0267 e. The number of hydrogen-bond acceptors (Lipinski definition) is 0. The zero-order chi connectivity index (χ0) is 5.28. The third-order valence-electron chi connectivity index (χ3n) is 0.691. The van der Waals surface area contributed by atoms with E-state index in [2.05, 4.69) is 6.42 Å². The first-order valence-electron chi connectivity index (χ1n) is 3.01. The summed E-state index contributed by atoms with van der Waals surface area (Å²) < 4.78 is 14.2. The van der Waals surface area contributed by atoms with E-state index in [0.29, 0.717) is 12.8 Å². The lowest BCUT2D eigenvalue weighted by Gasteiger charge is -1.67. The van der Waals surface area contributed by atoms with Crippen LogP contribution in [-0.4, -0.2) is 0 Å². The highest BCUT2D eigenvalue weighted by Gasteiger charge is 1.96. The zero-order valence-corrected chi connectivity index (χ0v) is 3.07. The van der Waals surface area contributed by atoms with Gasteiger partial charge in [0.25, 0.3) is 0 Å². The second kappa shape index (κ2) is 1.44. The second-order valence-electron chi connectivity index (χ2n) is 1.13. The summed E-state index contributed by atoms with van der Waals surface area (Å²) in [5, 5.41) is 0. The minimum atomic E-state index is -0.181. The SMILES string of the molecule is [2H][C@@H]1C[C]C[C@@H]1[2H]. The van der Waals surface area contributed by atoms with Crippen molar-refractivity contribution >= 4 is 0 Å². The minimum absolute atomic E-state index is 0.181.